The Morgan fingerprint density at radius 2 is 1.68 bits per heavy atom. The van der Waals surface area contributed by atoms with Crippen LogP contribution in [-0.2, 0) is 4.79 Å². The van der Waals surface area contributed by atoms with Crippen molar-refractivity contribution in [3.63, 3.8) is 0 Å². The van der Waals surface area contributed by atoms with E-state index in [0.717, 1.165) is 12.8 Å². The number of hydrogen-bond donors (Lipinski definition) is 1. The minimum absolute atomic E-state index is 0.0878. The van der Waals surface area contributed by atoms with Gasteiger partial charge in [0, 0.05) is 36.3 Å². The van der Waals surface area contributed by atoms with Crippen molar-refractivity contribution in [1.29, 1.82) is 0 Å². The Hall–Kier alpha value is -3.22. The predicted molar refractivity (Wildman–Crippen MR) is 107 cm³/mol. The topological polar surface area (TPSA) is 77.1 Å². The second kappa shape index (κ2) is 8.65. The number of amides is 2. The molecule has 2 aromatic rings. The van der Waals surface area contributed by atoms with Crippen LogP contribution in [0.1, 0.15) is 29.6 Å². The minimum atomic E-state index is -0.305. The largest absolute Gasteiger partial charge is 0.497 e. The van der Waals surface area contributed by atoms with Gasteiger partial charge in [-0.3, -0.25) is 9.59 Å². The quantitative estimate of drug-likeness (QED) is 0.825. The van der Waals surface area contributed by atoms with E-state index < -0.39 is 0 Å². The number of rotatable bonds is 6. The first-order chi connectivity index (χ1) is 13.5. The first-order valence-corrected chi connectivity index (χ1v) is 9.08. The lowest BCUT2D eigenvalue weighted by Gasteiger charge is -2.28. The lowest BCUT2D eigenvalue weighted by atomic mass is 10.1. The van der Waals surface area contributed by atoms with Gasteiger partial charge < -0.3 is 24.4 Å². The summed E-state index contributed by atoms with van der Waals surface area (Å²) in [5, 5.41) is 2.84. The van der Waals surface area contributed by atoms with E-state index in [1.165, 1.54) is 14.2 Å². The molecule has 1 aliphatic heterocycles. The van der Waals surface area contributed by atoms with Gasteiger partial charge in [-0.05, 0) is 37.1 Å². The third-order valence-corrected chi connectivity index (χ3v) is 4.67. The summed E-state index contributed by atoms with van der Waals surface area (Å²) in [7, 11) is 4.61. The monoisotopic (exact) mass is 384 g/mol. The number of methoxy groups -OCH3 is 3. The van der Waals surface area contributed by atoms with Gasteiger partial charge in [-0.1, -0.05) is 0 Å². The number of piperidine rings is 1. The molecule has 1 aliphatic rings. The fraction of sp³-hybridized carbons (Fsp3) is 0.333. The SMILES string of the molecule is COc1cc(OC)cc(C(=O)Nc2ccc(N3CCCCC3=O)c(OC)c2)c1. The van der Waals surface area contributed by atoms with Crippen molar-refractivity contribution in [3.05, 3.63) is 42.0 Å². The van der Waals surface area contributed by atoms with Gasteiger partial charge in [-0.15, -0.1) is 0 Å². The molecule has 1 N–H and O–H groups in total. The highest BCUT2D eigenvalue weighted by Crippen LogP contribution is 2.33. The molecule has 0 radical (unpaired) electrons. The van der Waals surface area contributed by atoms with Crippen molar-refractivity contribution < 1.29 is 23.8 Å². The van der Waals surface area contributed by atoms with Crippen LogP contribution in [0.25, 0.3) is 0 Å². The predicted octanol–water partition coefficient (Wildman–Crippen LogP) is 3.48. The summed E-state index contributed by atoms with van der Waals surface area (Å²) in [6, 6.07) is 10.2. The first kappa shape index (κ1) is 19.5. The highest BCUT2D eigenvalue weighted by atomic mass is 16.5. The van der Waals surface area contributed by atoms with Gasteiger partial charge in [0.15, 0.2) is 0 Å². The van der Waals surface area contributed by atoms with Gasteiger partial charge >= 0.3 is 0 Å². The van der Waals surface area contributed by atoms with Gasteiger partial charge in [0.1, 0.15) is 17.2 Å². The summed E-state index contributed by atoms with van der Waals surface area (Å²) < 4.78 is 15.9. The maximum absolute atomic E-state index is 12.7. The second-order valence-corrected chi connectivity index (χ2v) is 6.44. The molecule has 7 heteroatoms. The van der Waals surface area contributed by atoms with Crippen LogP contribution in [0, 0.1) is 0 Å². The number of hydrogen-bond acceptors (Lipinski definition) is 5. The Balaban J connectivity index is 1.83. The molecular weight excluding hydrogens is 360 g/mol. The molecule has 2 amide bonds. The van der Waals surface area contributed by atoms with E-state index in [4.69, 9.17) is 14.2 Å². The minimum Gasteiger partial charge on any atom is -0.497 e. The molecule has 148 valence electrons. The Morgan fingerprint density at radius 3 is 2.29 bits per heavy atom. The van der Waals surface area contributed by atoms with Gasteiger partial charge in [-0.2, -0.15) is 0 Å². The second-order valence-electron chi connectivity index (χ2n) is 6.44. The number of benzene rings is 2. The van der Waals surface area contributed by atoms with Gasteiger partial charge in [0.05, 0.1) is 27.0 Å². The molecule has 2 aromatic carbocycles. The molecule has 0 spiro atoms. The molecule has 28 heavy (non-hydrogen) atoms. The summed E-state index contributed by atoms with van der Waals surface area (Å²) in [6.07, 6.45) is 2.42. The molecule has 0 unspecified atom stereocenters. The van der Waals surface area contributed by atoms with Crippen LogP contribution in [-0.4, -0.2) is 39.7 Å². The lowest BCUT2D eigenvalue weighted by Crippen LogP contribution is -2.35. The highest BCUT2D eigenvalue weighted by molar-refractivity contribution is 6.05. The molecule has 0 aliphatic carbocycles. The summed E-state index contributed by atoms with van der Waals surface area (Å²) in [4.78, 5) is 26.6. The van der Waals surface area contributed by atoms with E-state index >= 15 is 0 Å². The summed E-state index contributed by atoms with van der Waals surface area (Å²) in [5.74, 6) is 1.38. The highest BCUT2D eigenvalue weighted by Gasteiger charge is 2.23. The van der Waals surface area contributed by atoms with Crippen LogP contribution in [0.15, 0.2) is 36.4 Å². The smallest absolute Gasteiger partial charge is 0.255 e. The van der Waals surface area contributed by atoms with Crippen molar-refractivity contribution in [2.75, 3.05) is 38.1 Å². The van der Waals surface area contributed by atoms with Gasteiger partial charge in [0.25, 0.3) is 5.91 Å². The normalized spacial score (nSPS) is 13.8. The van der Waals surface area contributed by atoms with E-state index in [1.807, 2.05) is 0 Å². The van der Waals surface area contributed by atoms with Crippen molar-refractivity contribution in [2.45, 2.75) is 19.3 Å². The van der Waals surface area contributed by atoms with Gasteiger partial charge in [-0.25, -0.2) is 0 Å². The summed E-state index contributed by atoms with van der Waals surface area (Å²) >= 11 is 0. The summed E-state index contributed by atoms with van der Waals surface area (Å²) in [5.41, 5.74) is 1.69. The Kier molecular flexibility index (Phi) is 6.03. The Labute approximate surface area is 164 Å². The van der Waals surface area contributed by atoms with Gasteiger partial charge in [0.2, 0.25) is 5.91 Å². The fourth-order valence-electron chi connectivity index (χ4n) is 3.18. The zero-order valence-electron chi connectivity index (χ0n) is 16.3. The maximum Gasteiger partial charge on any atom is 0.255 e. The average molecular weight is 384 g/mol. The maximum atomic E-state index is 12.7. The standard InChI is InChI=1S/C21H24N2O5/c1-26-16-10-14(11-17(13-16)27-2)21(25)22-15-7-8-18(19(12-15)28-3)23-9-5-4-6-20(23)24/h7-8,10-13H,4-6,9H2,1-3H3,(H,22,25). The molecule has 0 atom stereocenters. The van der Waals surface area contributed by atoms with Crippen LogP contribution in [0.4, 0.5) is 11.4 Å². The van der Waals surface area contributed by atoms with E-state index in [9.17, 15) is 9.59 Å². The van der Waals surface area contributed by atoms with E-state index in [2.05, 4.69) is 5.32 Å². The molecule has 1 saturated heterocycles. The third-order valence-electron chi connectivity index (χ3n) is 4.67. The summed E-state index contributed by atoms with van der Waals surface area (Å²) in [6.45, 7) is 0.671. The number of ether oxygens (including phenoxy) is 3. The van der Waals surface area contributed by atoms with Crippen molar-refractivity contribution in [2.24, 2.45) is 0 Å². The molecule has 3 rings (SSSR count). The number of nitrogens with one attached hydrogen (secondary N) is 1. The molecule has 0 saturated carbocycles. The molecule has 7 nitrogen and oxygen atoms in total. The van der Waals surface area contributed by atoms with E-state index in [0.29, 0.717) is 47.2 Å². The van der Waals surface area contributed by atoms with Crippen LogP contribution in [0.5, 0.6) is 17.2 Å². The third kappa shape index (κ3) is 4.19. The zero-order valence-corrected chi connectivity index (χ0v) is 16.3. The number of carbonyl (C=O) groups is 2. The fourth-order valence-corrected chi connectivity index (χ4v) is 3.18. The van der Waals surface area contributed by atoms with Crippen LogP contribution in [0.3, 0.4) is 0 Å². The van der Waals surface area contributed by atoms with Crippen molar-refractivity contribution in [3.8, 4) is 17.2 Å². The van der Waals surface area contributed by atoms with E-state index in [1.54, 1.807) is 48.4 Å². The van der Waals surface area contributed by atoms with Crippen molar-refractivity contribution >= 4 is 23.2 Å². The molecule has 1 fully saturated rings. The van der Waals surface area contributed by atoms with Crippen molar-refractivity contribution in [1.82, 2.24) is 0 Å². The first-order valence-electron chi connectivity index (χ1n) is 9.08. The molecular formula is C21H24N2O5. The zero-order chi connectivity index (χ0) is 20.1. The molecule has 0 aromatic heterocycles. The average Bonchev–Trinajstić information content (AvgIpc) is 2.73. The Bertz CT molecular complexity index is 859. The molecule has 1 heterocycles. The Morgan fingerprint density at radius 1 is 0.964 bits per heavy atom. The molecule has 0 bridgehead atoms. The van der Waals surface area contributed by atoms with Crippen LogP contribution < -0.4 is 24.4 Å². The number of carbonyl (C=O) groups excluding carboxylic acids is 2. The van der Waals surface area contributed by atoms with E-state index in [-0.39, 0.29) is 11.8 Å². The lowest BCUT2D eigenvalue weighted by molar-refractivity contribution is -0.119. The van der Waals surface area contributed by atoms with Crippen LogP contribution in [0.2, 0.25) is 0 Å². The number of nitrogens with zero attached hydrogens (tertiary/aromatic N) is 1. The number of anilines is 2. The van der Waals surface area contributed by atoms with Crippen LogP contribution >= 0.6 is 0 Å².